The zero-order chi connectivity index (χ0) is 11.3. The molecule has 0 aliphatic heterocycles. The van der Waals surface area contributed by atoms with E-state index in [0.29, 0.717) is 5.69 Å². The first kappa shape index (κ1) is 11.5. The van der Waals surface area contributed by atoms with Gasteiger partial charge in [-0.3, -0.25) is 4.79 Å². The van der Waals surface area contributed by atoms with Gasteiger partial charge in [0.25, 0.3) is 5.91 Å². The Morgan fingerprint density at radius 3 is 2.80 bits per heavy atom. The van der Waals surface area contributed by atoms with Crippen LogP contribution in [0.2, 0.25) is 0 Å². The van der Waals surface area contributed by atoms with Crippen molar-refractivity contribution in [3.05, 3.63) is 24.0 Å². The van der Waals surface area contributed by atoms with Gasteiger partial charge in [0.1, 0.15) is 11.4 Å². The second kappa shape index (κ2) is 5.34. The van der Waals surface area contributed by atoms with Gasteiger partial charge in [0, 0.05) is 13.6 Å². The van der Waals surface area contributed by atoms with Crippen LogP contribution >= 0.6 is 0 Å². The zero-order valence-corrected chi connectivity index (χ0v) is 9.10. The van der Waals surface area contributed by atoms with Crippen LogP contribution in [0.5, 0.6) is 5.75 Å². The molecule has 0 saturated carbocycles. The maximum atomic E-state index is 11.7. The predicted octanol–water partition coefficient (Wildman–Crippen LogP) is 1.66. The molecule has 0 atom stereocenters. The molecule has 0 aliphatic rings. The molecule has 15 heavy (non-hydrogen) atoms. The Balaban J connectivity index is 2.63. The third kappa shape index (κ3) is 3.23. The maximum Gasteiger partial charge on any atom is 0.272 e. The van der Waals surface area contributed by atoms with Crippen LogP contribution < -0.4 is 0 Å². The van der Waals surface area contributed by atoms with Crippen molar-refractivity contribution in [3.8, 4) is 5.75 Å². The third-order valence-corrected chi connectivity index (χ3v) is 2.16. The Labute approximate surface area is 89.6 Å². The molecule has 0 spiro atoms. The summed E-state index contributed by atoms with van der Waals surface area (Å²) in [5.41, 5.74) is 0.367. The second-order valence-electron chi connectivity index (χ2n) is 3.48. The van der Waals surface area contributed by atoms with E-state index in [1.165, 1.54) is 18.3 Å². The molecule has 82 valence electrons. The number of carbonyl (C=O) groups excluding carboxylic acids is 1. The molecule has 0 aliphatic carbocycles. The van der Waals surface area contributed by atoms with E-state index >= 15 is 0 Å². The van der Waals surface area contributed by atoms with Crippen LogP contribution in [-0.2, 0) is 0 Å². The summed E-state index contributed by atoms with van der Waals surface area (Å²) in [5, 5.41) is 9.03. The summed E-state index contributed by atoms with van der Waals surface area (Å²) < 4.78 is 0. The lowest BCUT2D eigenvalue weighted by molar-refractivity contribution is 0.0787. The fourth-order valence-corrected chi connectivity index (χ4v) is 1.20. The molecule has 1 aromatic rings. The van der Waals surface area contributed by atoms with Crippen molar-refractivity contribution in [3.63, 3.8) is 0 Å². The van der Waals surface area contributed by atoms with Crippen LogP contribution in [0.3, 0.4) is 0 Å². The summed E-state index contributed by atoms with van der Waals surface area (Å²) in [5.74, 6) is -0.0359. The number of pyridine rings is 1. The topological polar surface area (TPSA) is 53.4 Å². The van der Waals surface area contributed by atoms with Gasteiger partial charge in [-0.2, -0.15) is 0 Å². The maximum absolute atomic E-state index is 11.7. The molecule has 0 unspecified atom stereocenters. The van der Waals surface area contributed by atoms with Crippen molar-refractivity contribution >= 4 is 5.91 Å². The van der Waals surface area contributed by atoms with E-state index in [1.807, 2.05) is 0 Å². The minimum Gasteiger partial charge on any atom is -0.506 e. The minimum atomic E-state index is -0.108. The molecule has 4 nitrogen and oxygen atoms in total. The lowest BCUT2D eigenvalue weighted by atomic mass is 10.3. The minimum absolute atomic E-state index is 0.0720. The van der Waals surface area contributed by atoms with E-state index in [9.17, 15) is 4.79 Å². The van der Waals surface area contributed by atoms with E-state index in [2.05, 4.69) is 11.9 Å². The molecule has 1 rings (SSSR count). The van der Waals surface area contributed by atoms with Gasteiger partial charge in [0.2, 0.25) is 0 Å². The number of unbranched alkanes of at least 4 members (excludes halogenated alkanes) is 1. The number of carbonyl (C=O) groups is 1. The van der Waals surface area contributed by atoms with Crippen molar-refractivity contribution in [1.82, 2.24) is 9.88 Å². The zero-order valence-electron chi connectivity index (χ0n) is 9.10. The van der Waals surface area contributed by atoms with Crippen molar-refractivity contribution in [1.29, 1.82) is 0 Å². The molecule has 4 heteroatoms. The van der Waals surface area contributed by atoms with Gasteiger partial charge in [0.15, 0.2) is 0 Å². The monoisotopic (exact) mass is 208 g/mol. The van der Waals surface area contributed by atoms with Crippen LogP contribution in [0.4, 0.5) is 0 Å². The largest absolute Gasteiger partial charge is 0.506 e. The van der Waals surface area contributed by atoms with Gasteiger partial charge in [-0.1, -0.05) is 13.3 Å². The molecule has 1 amide bonds. The van der Waals surface area contributed by atoms with Crippen molar-refractivity contribution in [2.45, 2.75) is 19.8 Å². The Kier molecular flexibility index (Phi) is 4.09. The van der Waals surface area contributed by atoms with Crippen LogP contribution in [-0.4, -0.2) is 34.5 Å². The third-order valence-electron chi connectivity index (χ3n) is 2.16. The van der Waals surface area contributed by atoms with E-state index in [1.54, 1.807) is 11.9 Å². The number of hydrogen-bond acceptors (Lipinski definition) is 3. The normalized spacial score (nSPS) is 10.0. The van der Waals surface area contributed by atoms with E-state index in [4.69, 9.17) is 5.11 Å². The van der Waals surface area contributed by atoms with Crippen LogP contribution in [0.25, 0.3) is 0 Å². The van der Waals surface area contributed by atoms with E-state index < -0.39 is 0 Å². The van der Waals surface area contributed by atoms with Gasteiger partial charge >= 0.3 is 0 Å². The average molecular weight is 208 g/mol. The molecule has 1 aromatic heterocycles. The first-order valence-corrected chi connectivity index (χ1v) is 5.05. The van der Waals surface area contributed by atoms with E-state index in [0.717, 1.165) is 19.4 Å². The van der Waals surface area contributed by atoms with Crippen LogP contribution in [0.1, 0.15) is 30.3 Å². The molecule has 0 bridgehead atoms. The lowest BCUT2D eigenvalue weighted by Gasteiger charge is -2.15. The van der Waals surface area contributed by atoms with Gasteiger partial charge in [0.05, 0.1) is 6.20 Å². The Morgan fingerprint density at radius 1 is 1.53 bits per heavy atom. The quantitative estimate of drug-likeness (QED) is 0.818. The van der Waals surface area contributed by atoms with Crippen LogP contribution in [0.15, 0.2) is 18.3 Å². The molecular weight excluding hydrogens is 192 g/mol. The van der Waals surface area contributed by atoms with E-state index in [-0.39, 0.29) is 11.7 Å². The molecule has 1 heterocycles. The first-order valence-electron chi connectivity index (χ1n) is 5.05. The highest BCUT2D eigenvalue weighted by Crippen LogP contribution is 2.07. The number of aromatic hydroxyl groups is 1. The standard InChI is InChI=1S/C11H16N2O2/c1-3-4-7-13(2)11(15)10-6-5-9(14)8-12-10/h5-6,8,14H,3-4,7H2,1-2H3. The fraction of sp³-hybridized carbons (Fsp3) is 0.455. The van der Waals surface area contributed by atoms with Crippen LogP contribution in [0, 0.1) is 0 Å². The van der Waals surface area contributed by atoms with Crippen molar-refractivity contribution in [2.24, 2.45) is 0 Å². The highest BCUT2D eigenvalue weighted by Gasteiger charge is 2.11. The van der Waals surface area contributed by atoms with Crippen molar-refractivity contribution in [2.75, 3.05) is 13.6 Å². The Morgan fingerprint density at radius 2 is 2.27 bits per heavy atom. The number of amides is 1. The summed E-state index contributed by atoms with van der Waals surface area (Å²) in [6.45, 7) is 2.81. The molecule has 0 aromatic carbocycles. The average Bonchev–Trinajstić information content (AvgIpc) is 2.26. The summed E-state index contributed by atoms with van der Waals surface area (Å²) >= 11 is 0. The summed E-state index contributed by atoms with van der Waals surface area (Å²) in [7, 11) is 1.76. The summed E-state index contributed by atoms with van der Waals surface area (Å²) in [6.07, 6.45) is 3.32. The Bertz CT molecular complexity index is 322. The fourth-order valence-electron chi connectivity index (χ4n) is 1.20. The SMILES string of the molecule is CCCCN(C)C(=O)c1ccc(O)cn1. The summed E-state index contributed by atoms with van der Waals surface area (Å²) in [6, 6.07) is 2.99. The number of hydrogen-bond donors (Lipinski definition) is 1. The predicted molar refractivity (Wildman–Crippen MR) is 57.8 cm³/mol. The number of rotatable bonds is 4. The molecule has 0 fully saturated rings. The highest BCUT2D eigenvalue weighted by atomic mass is 16.3. The number of nitrogens with zero attached hydrogens (tertiary/aromatic N) is 2. The number of aromatic nitrogens is 1. The van der Waals surface area contributed by atoms with Gasteiger partial charge in [-0.25, -0.2) is 4.98 Å². The van der Waals surface area contributed by atoms with Gasteiger partial charge in [-0.05, 0) is 18.6 Å². The molecular formula is C11H16N2O2. The smallest absolute Gasteiger partial charge is 0.272 e. The Hall–Kier alpha value is -1.58. The second-order valence-corrected chi connectivity index (χ2v) is 3.48. The highest BCUT2D eigenvalue weighted by molar-refractivity contribution is 5.92. The molecule has 0 radical (unpaired) electrons. The van der Waals surface area contributed by atoms with Gasteiger partial charge < -0.3 is 10.0 Å². The molecule has 1 N–H and O–H groups in total. The summed E-state index contributed by atoms with van der Waals surface area (Å²) in [4.78, 5) is 17.3. The first-order chi connectivity index (χ1) is 7.15. The lowest BCUT2D eigenvalue weighted by Crippen LogP contribution is -2.28. The van der Waals surface area contributed by atoms with Gasteiger partial charge in [-0.15, -0.1) is 0 Å². The van der Waals surface area contributed by atoms with Crippen molar-refractivity contribution < 1.29 is 9.90 Å². The molecule has 0 saturated heterocycles.